The van der Waals surface area contributed by atoms with Gasteiger partial charge in [0.15, 0.2) is 0 Å². The Labute approximate surface area is 77.1 Å². The van der Waals surface area contributed by atoms with Crippen molar-refractivity contribution in [2.75, 3.05) is 0 Å². The summed E-state index contributed by atoms with van der Waals surface area (Å²) >= 11 is 4.99. The molecule has 0 unspecified atom stereocenters. The summed E-state index contributed by atoms with van der Waals surface area (Å²) in [6, 6.07) is 2.64. The maximum Gasteiger partial charge on any atom is 0.272 e. The maximum absolute atomic E-state index is 12.9. The third-order valence-electron chi connectivity index (χ3n) is 1.38. The Morgan fingerprint density at radius 3 is 2.54 bits per heavy atom. The summed E-state index contributed by atoms with van der Waals surface area (Å²) in [7, 11) is 0. The van der Waals surface area contributed by atoms with E-state index in [1.54, 1.807) is 0 Å². The molecule has 0 fully saturated rings. The van der Waals surface area contributed by atoms with E-state index < -0.39 is 21.7 Å². The third kappa shape index (κ3) is 2.00. The molecule has 0 aliphatic heterocycles. The van der Waals surface area contributed by atoms with Crippen molar-refractivity contribution in [1.29, 1.82) is 0 Å². The van der Waals surface area contributed by atoms with Gasteiger partial charge >= 0.3 is 0 Å². The summed E-state index contributed by atoms with van der Waals surface area (Å²) in [5.41, 5.74) is -0.786. The molecule has 13 heavy (non-hydrogen) atoms. The van der Waals surface area contributed by atoms with Crippen LogP contribution in [0.5, 0.6) is 0 Å². The first-order valence-corrected chi connectivity index (χ1v) is 3.54. The van der Waals surface area contributed by atoms with Crippen LogP contribution >= 0.6 is 11.6 Å². The van der Waals surface area contributed by atoms with Gasteiger partial charge < -0.3 is 0 Å². The first-order chi connectivity index (χ1) is 6.02. The molecular weight excluding hydrogens is 201 g/mol. The number of nitrogens with zero attached hydrogens (tertiary/aromatic N) is 1. The second-order valence-corrected chi connectivity index (χ2v) is 2.54. The van der Waals surface area contributed by atoms with Crippen molar-refractivity contribution in [2.45, 2.75) is 0 Å². The van der Waals surface area contributed by atoms with Crippen molar-refractivity contribution >= 4 is 22.5 Å². The highest BCUT2D eigenvalue weighted by Gasteiger charge is 2.13. The Balaban J connectivity index is 3.20. The van der Waals surface area contributed by atoms with Gasteiger partial charge in [-0.1, -0.05) is 0 Å². The number of nitro groups is 1. The standard InChI is InChI=1S/C7H3ClFNO3/c8-7(11)5-2-1-4(10(12)13)3-6(5)9/h1-3H. The molecule has 0 saturated carbocycles. The topological polar surface area (TPSA) is 60.2 Å². The lowest BCUT2D eigenvalue weighted by Gasteiger charge is -1.95. The van der Waals surface area contributed by atoms with Gasteiger partial charge in [0.05, 0.1) is 16.6 Å². The van der Waals surface area contributed by atoms with Crippen LogP contribution < -0.4 is 0 Å². The first-order valence-electron chi connectivity index (χ1n) is 3.16. The van der Waals surface area contributed by atoms with E-state index in [0.717, 1.165) is 12.1 Å². The maximum atomic E-state index is 12.9. The molecule has 0 spiro atoms. The summed E-state index contributed by atoms with van der Waals surface area (Å²) in [6.07, 6.45) is 0. The average Bonchev–Trinajstić information content (AvgIpc) is 2.03. The van der Waals surface area contributed by atoms with Crippen LogP contribution in [0.4, 0.5) is 10.1 Å². The van der Waals surface area contributed by atoms with Crippen molar-refractivity contribution in [3.8, 4) is 0 Å². The van der Waals surface area contributed by atoms with Crippen molar-refractivity contribution < 1.29 is 14.1 Å². The van der Waals surface area contributed by atoms with Crippen LogP contribution in [-0.2, 0) is 0 Å². The summed E-state index contributed by atoms with van der Waals surface area (Å²) in [4.78, 5) is 19.9. The van der Waals surface area contributed by atoms with Crippen LogP contribution in [0.1, 0.15) is 10.4 Å². The number of carbonyl (C=O) groups excluding carboxylic acids is 1. The van der Waals surface area contributed by atoms with Gasteiger partial charge in [0.25, 0.3) is 10.9 Å². The zero-order valence-corrected chi connectivity index (χ0v) is 6.92. The van der Waals surface area contributed by atoms with Crippen molar-refractivity contribution in [2.24, 2.45) is 0 Å². The van der Waals surface area contributed by atoms with Gasteiger partial charge in [-0.25, -0.2) is 4.39 Å². The highest BCUT2D eigenvalue weighted by molar-refractivity contribution is 6.67. The molecule has 68 valence electrons. The SMILES string of the molecule is O=C(Cl)c1ccc([N+](=O)[O-])cc1F. The van der Waals surface area contributed by atoms with E-state index in [2.05, 4.69) is 0 Å². The summed E-state index contributed by atoms with van der Waals surface area (Å²) in [5.74, 6) is -0.991. The molecule has 0 amide bonds. The zero-order chi connectivity index (χ0) is 10.0. The van der Waals surface area contributed by atoms with Crippen LogP contribution in [0.2, 0.25) is 0 Å². The number of nitro benzene ring substituents is 1. The highest BCUT2D eigenvalue weighted by atomic mass is 35.5. The molecule has 1 rings (SSSR count). The first kappa shape index (κ1) is 9.60. The Morgan fingerprint density at radius 1 is 1.54 bits per heavy atom. The second kappa shape index (κ2) is 3.49. The lowest BCUT2D eigenvalue weighted by molar-refractivity contribution is -0.385. The number of halogens is 2. The predicted molar refractivity (Wildman–Crippen MR) is 43.2 cm³/mol. The third-order valence-corrected chi connectivity index (χ3v) is 1.58. The van der Waals surface area contributed by atoms with Gasteiger partial charge in [-0.15, -0.1) is 0 Å². The normalized spacial score (nSPS) is 9.69. The highest BCUT2D eigenvalue weighted by Crippen LogP contribution is 2.17. The molecule has 6 heteroatoms. The molecule has 1 aromatic rings. The van der Waals surface area contributed by atoms with Gasteiger partial charge in [0.1, 0.15) is 5.82 Å². The molecule has 0 saturated heterocycles. The number of non-ortho nitro benzene ring substituents is 1. The fraction of sp³-hybridized carbons (Fsp3) is 0. The van der Waals surface area contributed by atoms with E-state index in [-0.39, 0.29) is 5.56 Å². The average molecular weight is 204 g/mol. The molecule has 1 aromatic carbocycles. The number of hydrogen-bond donors (Lipinski definition) is 0. The van der Waals surface area contributed by atoms with Gasteiger partial charge in [0.2, 0.25) is 0 Å². The van der Waals surface area contributed by atoms with Gasteiger partial charge in [-0.2, -0.15) is 0 Å². The predicted octanol–water partition coefficient (Wildman–Crippen LogP) is 2.11. The van der Waals surface area contributed by atoms with Gasteiger partial charge in [-0.05, 0) is 17.7 Å². The largest absolute Gasteiger partial charge is 0.275 e. The molecule has 0 aliphatic rings. The Hall–Kier alpha value is -1.49. The van der Waals surface area contributed by atoms with Crippen molar-refractivity contribution in [3.05, 3.63) is 39.7 Å². The number of hydrogen-bond acceptors (Lipinski definition) is 3. The van der Waals surface area contributed by atoms with Crippen molar-refractivity contribution in [1.82, 2.24) is 0 Å². The van der Waals surface area contributed by atoms with E-state index in [9.17, 15) is 19.3 Å². The molecule has 0 N–H and O–H groups in total. The molecular formula is C7H3ClFNO3. The van der Waals surface area contributed by atoms with E-state index in [4.69, 9.17) is 11.6 Å². The van der Waals surface area contributed by atoms with Gasteiger partial charge in [0, 0.05) is 6.07 Å². The monoisotopic (exact) mass is 203 g/mol. The van der Waals surface area contributed by atoms with Crippen LogP contribution in [-0.4, -0.2) is 10.2 Å². The quantitative estimate of drug-likeness (QED) is 0.420. The Bertz CT molecular complexity index is 380. The number of benzene rings is 1. The summed E-state index contributed by atoms with van der Waals surface area (Å²) in [5, 5.41) is 9.18. The molecule has 4 nitrogen and oxygen atoms in total. The number of rotatable bonds is 2. The Kier molecular flexibility index (Phi) is 2.57. The molecule has 0 aromatic heterocycles. The minimum Gasteiger partial charge on any atom is -0.275 e. The van der Waals surface area contributed by atoms with E-state index in [1.165, 1.54) is 0 Å². The van der Waals surface area contributed by atoms with E-state index >= 15 is 0 Å². The van der Waals surface area contributed by atoms with Gasteiger partial charge in [-0.3, -0.25) is 14.9 Å². The van der Waals surface area contributed by atoms with Crippen LogP contribution in [0.25, 0.3) is 0 Å². The smallest absolute Gasteiger partial charge is 0.272 e. The number of carbonyl (C=O) groups is 1. The summed E-state index contributed by atoms with van der Waals surface area (Å²) < 4.78 is 12.9. The van der Waals surface area contributed by atoms with E-state index in [1.807, 2.05) is 0 Å². The zero-order valence-electron chi connectivity index (χ0n) is 6.16. The van der Waals surface area contributed by atoms with Crippen LogP contribution in [0.3, 0.4) is 0 Å². The molecule has 0 bridgehead atoms. The molecule has 0 atom stereocenters. The Morgan fingerprint density at radius 2 is 2.15 bits per heavy atom. The summed E-state index contributed by atoms with van der Waals surface area (Å²) in [6.45, 7) is 0. The molecule has 0 radical (unpaired) electrons. The molecule has 0 aliphatic carbocycles. The fourth-order valence-electron chi connectivity index (χ4n) is 0.777. The minimum absolute atomic E-state index is 0.368. The van der Waals surface area contributed by atoms with E-state index in [0.29, 0.717) is 6.07 Å². The second-order valence-electron chi connectivity index (χ2n) is 2.19. The van der Waals surface area contributed by atoms with Crippen LogP contribution in [0, 0.1) is 15.9 Å². The van der Waals surface area contributed by atoms with Crippen LogP contribution in [0.15, 0.2) is 18.2 Å². The molecule has 0 heterocycles. The lowest BCUT2D eigenvalue weighted by Crippen LogP contribution is -1.96. The lowest BCUT2D eigenvalue weighted by atomic mass is 10.2. The minimum atomic E-state index is -0.991. The fourth-order valence-corrected chi connectivity index (χ4v) is 0.930. The van der Waals surface area contributed by atoms with Crippen molar-refractivity contribution in [3.63, 3.8) is 0 Å².